The standard InChI is InChI=1S/C33H42BN3O6/c1-32(2)33(3,4)43-34(42-32)30(23-8-7-9-23)29(22-11-14-26(15-12-22)39-18-19-41-31(35)38)24-13-16-27-25(20-24)21-36-37(27)28-10-5-6-17-40-28/h11-16,20-21,23,28H,5-10,17-19H2,1-4H3,(H2,35,38)/b30-29+. The van der Waals surface area contributed by atoms with Gasteiger partial charge < -0.3 is 29.3 Å². The molecule has 228 valence electrons. The summed E-state index contributed by atoms with van der Waals surface area (Å²) in [6.07, 6.45) is 7.71. The minimum absolute atomic E-state index is 0.0247. The molecule has 2 N–H and O–H groups in total. The molecule has 0 bridgehead atoms. The second kappa shape index (κ2) is 12.0. The molecule has 10 heteroatoms. The van der Waals surface area contributed by atoms with Crippen molar-refractivity contribution in [3.8, 4) is 5.75 Å². The van der Waals surface area contributed by atoms with Crippen LogP contribution in [0.5, 0.6) is 5.75 Å². The van der Waals surface area contributed by atoms with E-state index in [0.717, 1.165) is 66.3 Å². The number of nitrogens with two attached hydrogens (primary N) is 1. The Kier molecular flexibility index (Phi) is 8.28. The summed E-state index contributed by atoms with van der Waals surface area (Å²) < 4.78 is 32.0. The van der Waals surface area contributed by atoms with E-state index in [0.29, 0.717) is 11.7 Å². The summed E-state index contributed by atoms with van der Waals surface area (Å²) in [6, 6.07) is 14.6. The van der Waals surface area contributed by atoms with Crippen LogP contribution in [-0.2, 0) is 18.8 Å². The lowest BCUT2D eigenvalue weighted by atomic mass is 9.60. The Labute approximate surface area is 253 Å². The van der Waals surface area contributed by atoms with Gasteiger partial charge in [-0.1, -0.05) is 24.6 Å². The number of primary amides is 1. The highest BCUT2D eigenvalue weighted by atomic mass is 16.7. The minimum Gasteiger partial charge on any atom is -0.490 e. The van der Waals surface area contributed by atoms with Gasteiger partial charge in [-0.2, -0.15) is 5.10 Å². The van der Waals surface area contributed by atoms with Crippen molar-refractivity contribution in [1.82, 2.24) is 9.78 Å². The van der Waals surface area contributed by atoms with Gasteiger partial charge in [-0.05, 0) is 112 Å². The van der Waals surface area contributed by atoms with Crippen LogP contribution in [-0.4, -0.2) is 54.0 Å². The molecule has 3 fully saturated rings. The van der Waals surface area contributed by atoms with Crippen molar-refractivity contribution >= 4 is 29.7 Å². The molecule has 0 spiro atoms. The number of allylic oxidation sites excluding steroid dienone is 1. The fourth-order valence-electron chi connectivity index (χ4n) is 6.08. The van der Waals surface area contributed by atoms with E-state index in [-0.39, 0.29) is 19.4 Å². The first-order chi connectivity index (χ1) is 20.6. The van der Waals surface area contributed by atoms with E-state index in [1.54, 1.807) is 0 Å². The zero-order chi connectivity index (χ0) is 30.2. The zero-order valence-electron chi connectivity index (χ0n) is 25.6. The fraction of sp³-hybridized carbons (Fsp3) is 0.515. The maximum absolute atomic E-state index is 10.9. The van der Waals surface area contributed by atoms with Gasteiger partial charge in [0.1, 0.15) is 19.0 Å². The van der Waals surface area contributed by atoms with Crippen molar-refractivity contribution in [3.63, 3.8) is 0 Å². The number of ether oxygens (including phenoxy) is 3. The number of hydrogen-bond donors (Lipinski definition) is 1. The second-order valence-electron chi connectivity index (χ2n) is 12.8. The average Bonchev–Trinajstić information content (AvgIpc) is 3.47. The van der Waals surface area contributed by atoms with Crippen LogP contribution in [0.25, 0.3) is 16.5 Å². The van der Waals surface area contributed by atoms with Crippen molar-refractivity contribution < 1.29 is 28.3 Å². The summed E-state index contributed by atoms with van der Waals surface area (Å²) in [6.45, 7) is 9.50. The number of nitrogens with zero attached hydrogens (tertiary/aromatic N) is 2. The van der Waals surface area contributed by atoms with Crippen LogP contribution < -0.4 is 10.5 Å². The van der Waals surface area contributed by atoms with E-state index in [9.17, 15) is 4.79 Å². The largest absolute Gasteiger partial charge is 0.491 e. The second-order valence-corrected chi connectivity index (χ2v) is 12.8. The lowest BCUT2D eigenvalue weighted by Gasteiger charge is -2.32. The van der Waals surface area contributed by atoms with Gasteiger partial charge in [-0.3, -0.25) is 0 Å². The number of amides is 1. The number of carbonyl (C=O) groups excluding carboxylic acids is 1. The quantitative estimate of drug-likeness (QED) is 0.227. The van der Waals surface area contributed by atoms with Gasteiger partial charge in [-0.15, -0.1) is 0 Å². The molecule has 2 aliphatic heterocycles. The summed E-state index contributed by atoms with van der Waals surface area (Å²) in [4.78, 5) is 10.9. The van der Waals surface area contributed by atoms with Gasteiger partial charge in [0.05, 0.1) is 22.9 Å². The third-order valence-electron chi connectivity index (χ3n) is 9.39. The van der Waals surface area contributed by atoms with Crippen molar-refractivity contribution in [2.24, 2.45) is 11.7 Å². The maximum atomic E-state index is 10.9. The van der Waals surface area contributed by atoms with Crippen molar-refractivity contribution in [2.75, 3.05) is 19.8 Å². The van der Waals surface area contributed by atoms with E-state index in [4.69, 9.17) is 34.4 Å². The molecule has 2 saturated heterocycles. The third kappa shape index (κ3) is 6.05. The van der Waals surface area contributed by atoms with Crippen molar-refractivity contribution in [3.05, 3.63) is 65.3 Å². The van der Waals surface area contributed by atoms with E-state index in [2.05, 4.69) is 58.0 Å². The van der Waals surface area contributed by atoms with E-state index >= 15 is 0 Å². The van der Waals surface area contributed by atoms with Crippen molar-refractivity contribution in [2.45, 2.75) is 83.6 Å². The van der Waals surface area contributed by atoms with Gasteiger partial charge >= 0.3 is 13.2 Å². The van der Waals surface area contributed by atoms with Gasteiger partial charge in [-0.25, -0.2) is 9.48 Å². The topological polar surface area (TPSA) is 107 Å². The molecule has 1 saturated carbocycles. The molecule has 3 heterocycles. The molecule has 1 amide bonds. The van der Waals surface area contributed by atoms with Crippen LogP contribution in [0.3, 0.4) is 0 Å². The maximum Gasteiger partial charge on any atom is 0.491 e. The van der Waals surface area contributed by atoms with E-state index in [1.165, 1.54) is 11.9 Å². The Hall–Kier alpha value is -3.34. The zero-order valence-corrected chi connectivity index (χ0v) is 25.6. The molecule has 1 atom stereocenters. The Morgan fingerprint density at radius 2 is 1.70 bits per heavy atom. The average molecular weight is 588 g/mol. The van der Waals surface area contributed by atoms with Gasteiger partial charge in [0.2, 0.25) is 0 Å². The molecule has 9 nitrogen and oxygen atoms in total. The van der Waals surface area contributed by atoms with E-state index in [1.807, 2.05) is 23.0 Å². The Morgan fingerprint density at radius 1 is 0.977 bits per heavy atom. The monoisotopic (exact) mass is 587 g/mol. The smallest absolute Gasteiger partial charge is 0.490 e. The summed E-state index contributed by atoms with van der Waals surface area (Å²) in [5.74, 6) is 1.04. The summed E-state index contributed by atoms with van der Waals surface area (Å²) in [5, 5.41) is 5.81. The van der Waals surface area contributed by atoms with Crippen molar-refractivity contribution in [1.29, 1.82) is 0 Å². The molecule has 1 aliphatic carbocycles. The molecule has 0 radical (unpaired) electrons. The van der Waals surface area contributed by atoms with Crippen LogP contribution >= 0.6 is 0 Å². The molecule has 3 aromatic rings. The highest BCUT2D eigenvalue weighted by Gasteiger charge is 2.54. The summed E-state index contributed by atoms with van der Waals surface area (Å²) in [5.41, 5.74) is 9.68. The van der Waals surface area contributed by atoms with E-state index < -0.39 is 24.4 Å². The molecule has 1 aromatic heterocycles. The molecule has 2 aromatic carbocycles. The number of rotatable bonds is 9. The first-order valence-electron chi connectivity index (χ1n) is 15.5. The van der Waals surface area contributed by atoms with Crippen LogP contribution in [0, 0.1) is 5.92 Å². The Bertz CT molecular complexity index is 1470. The number of benzene rings is 2. The van der Waals surface area contributed by atoms with Gasteiger partial charge in [0.25, 0.3) is 0 Å². The third-order valence-corrected chi connectivity index (χ3v) is 9.39. The normalized spacial score (nSPS) is 22.2. The van der Waals surface area contributed by atoms with Crippen LogP contribution in [0.4, 0.5) is 4.79 Å². The lowest BCUT2D eigenvalue weighted by molar-refractivity contribution is -0.0366. The van der Waals surface area contributed by atoms with Crippen LogP contribution in [0.2, 0.25) is 0 Å². The highest BCUT2D eigenvalue weighted by molar-refractivity contribution is 6.56. The summed E-state index contributed by atoms with van der Waals surface area (Å²) >= 11 is 0. The summed E-state index contributed by atoms with van der Waals surface area (Å²) in [7, 11) is -0.457. The Balaban J connectivity index is 1.41. The molecule has 3 aliphatic rings. The number of fused-ring (bicyclic) bond motifs is 1. The predicted octanol–water partition coefficient (Wildman–Crippen LogP) is 6.44. The molecular formula is C33H42BN3O6. The van der Waals surface area contributed by atoms with Crippen LogP contribution in [0.15, 0.2) is 54.1 Å². The SMILES string of the molecule is CC1(C)OB(/C(=C(\c2ccc(OCCOC(N)=O)cc2)c2ccc3c(cnn3C3CCCCO3)c2)C2CCC2)OC1(C)C. The van der Waals surface area contributed by atoms with Crippen LogP contribution in [0.1, 0.15) is 83.6 Å². The molecular weight excluding hydrogens is 545 g/mol. The van der Waals surface area contributed by atoms with Gasteiger partial charge in [0.15, 0.2) is 6.23 Å². The first-order valence-corrected chi connectivity index (χ1v) is 15.5. The minimum atomic E-state index is -0.811. The Morgan fingerprint density at radius 3 is 2.33 bits per heavy atom. The molecule has 43 heavy (non-hydrogen) atoms. The lowest BCUT2D eigenvalue weighted by Crippen LogP contribution is -2.41. The molecule has 6 rings (SSSR count). The van der Waals surface area contributed by atoms with Gasteiger partial charge in [0, 0.05) is 12.0 Å². The fourth-order valence-corrected chi connectivity index (χ4v) is 6.08. The predicted molar refractivity (Wildman–Crippen MR) is 165 cm³/mol. The number of carbonyl (C=O) groups is 1. The molecule has 1 unspecified atom stereocenters. The first kappa shape index (κ1) is 29.7. The number of hydrogen-bond acceptors (Lipinski definition) is 7. The highest BCUT2D eigenvalue weighted by Crippen LogP contribution is 2.47. The number of aromatic nitrogens is 2.